The third kappa shape index (κ3) is 3.21. The highest BCUT2D eigenvalue weighted by Crippen LogP contribution is 2.18. The highest BCUT2D eigenvalue weighted by molar-refractivity contribution is 4.78. The van der Waals surface area contributed by atoms with Gasteiger partial charge in [0.05, 0.1) is 6.10 Å². The zero-order valence-corrected chi connectivity index (χ0v) is 7.51. The molecule has 0 spiro atoms. The third-order valence-electron chi connectivity index (χ3n) is 2.22. The number of hydrogen-bond acceptors (Lipinski definition) is 2. The smallest absolute Gasteiger partial charge is 0.0555 e. The Balaban J connectivity index is 2.23. The molecule has 11 heavy (non-hydrogen) atoms. The van der Waals surface area contributed by atoms with Crippen molar-refractivity contribution in [2.75, 3.05) is 0 Å². The maximum Gasteiger partial charge on any atom is 0.0555 e. The van der Waals surface area contributed by atoms with Crippen LogP contribution in [0.2, 0.25) is 0 Å². The molecule has 2 N–H and O–H groups in total. The maximum absolute atomic E-state index is 9.35. The minimum atomic E-state index is -0.0556. The van der Waals surface area contributed by atoms with Crippen molar-refractivity contribution in [1.29, 1.82) is 0 Å². The van der Waals surface area contributed by atoms with E-state index in [1.54, 1.807) is 0 Å². The second-order valence-corrected chi connectivity index (χ2v) is 3.84. The first-order valence-corrected chi connectivity index (χ1v) is 4.62. The van der Waals surface area contributed by atoms with E-state index in [2.05, 4.69) is 19.2 Å². The highest BCUT2D eigenvalue weighted by Gasteiger charge is 2.19. The lowest BCUT2D eigenvalue weighted by Crippen LogP contribution is -2.39. The predicted octanol–water partition coefficient (Wildman–Crippen LogP) is 1.29. The number of rotatable bonds is 2. The first-order chi connectivity index (χ1) is 5.18. The molecule has 1 fully saturated rings. The standard InChI is InChI=1S/C9H19NO/c1-7(2)10-8-4-3-5-9(11)6-8/h7-11H,3-6H2,1-2H3/t8-,9-/m1/s1. The van der Waals surface area contributed by atoms with Crippen molar-refractivity contribution in [3.63, 3.8) is 0 Å². The van der Waals surface area contributed by atoms with Crippen LogP contribution in [0.3, 0.4) is 0 Å². The number of aliphatic hydroxyl groups is 1. The van der Waals surface area contributed by atoms with Crippen LogP contribution in [0.5, 0.6) is 0 Å². The van der Waals surface area contributed by atoms with Gasteiger partial charge >= 0.3 is 0 Å². The number of nitrogens with one attached hydrogen (secondary N) is 1. The number of aliphatic hydroxyl groups excluding tert-OH is 1. The minimum absolute atomic E-state index is 0.0556. The van der Waals surface area contributed by atoms with Gasteiger partial charge in [-0.3, -0.25) is 0 Å². The summed E-state index contributed by atoms with van der Waals surface area (Å²) in [6.07, 6.45) is 4.29. The number of hydrogen-bond donors (Lipinski definition) is 2. The molecule has 66 valence electrons. The molecule has 0 saturated heterocycles. The summed E-state index contributed by atoms with van der Waals surface area (Å²) in [5, 5.41) is 12.8. The average molecular weight is 157 g/mol. The summed E-state index contributed by atoms with van der Waals surface area (Å²) in [5.41, 5.74) is 0. The molecule has 1 saturated carbocycles. The molecule has 1 aliphatic carbocycles. The maximum atomic E-state index is 9.35. The van der Waals surface area contributed by atoms with Crippen LogP contribution < -0.4 is 5.32 Å². The Bertz CT molecular complexity index is 112. The van der Waals surface area contributed by atoms with Gasteiger partial charge in [-0.25, -0.2) is 0 Å². The molecule has 1 aliphatic rings. The predicted molar refractivity (Wildman–Crippen MR) is 46.5 cm³/mol. The Morgan fingerprint density at radius 2 is 2.09 bits per heavy atom. The van der Waals surface area contributed by atoms with Crippen LogP contribution in [0.15, 0.2) is 0 Å². The Morgan fingerprint density at radius 3 is 2.64 bits per heavy atom. The fourth-order valence-corrected chi connectivity index (χ4v) is 1.79. The quantitative estimate of drug-likeness (QED) is 0.633. The van der Waals surface area contributed by atoms with E-state index in [-0.39, 0.29) is 6.10 Å². The molecule has 0 aliphatic heterocycles. The first kappa shape index (κ1) is 9.01. The van der Waals surface area contributed by atoms with Crippen LogP contribution in [0.4, 0.5) is 0 Å². The van der Waals surface area contributed by atoms with Crippen molar-refractivity contribution in [2.24, 2.45) is 0 Å². The van der Waals surface area contributed by atoms with Crippen molar-refractivity contribution in [2.45, 2.75) is 57.7 Å². The van der Waals surface area contributed by atoms with Crippen LogP contribution in [0.25, 0.3) is 0 Å². The van der Waals surface area contributed by atoms with Crippen molar-refractivity contribution >= 4 is 0 Å². The molecule has 0 aromatic rings. The van der Waals surface area contributed by atoms with Crippen molar-refractivity contribution in [1.82, 2.24) is 5.32 Å². The molecule has 0 unspecified atom stereocenters. The molecule has 0 aromatic heterocycles. The van der Waals surface area contributed by atoms with Gasteiger partial charge < -0.3 is 10.4 Å². The van der Waals surface area contributed by atoms with E-state index in [1.165, 1.54) is 12.8 Å². The van der Waals surface area contributed by atoms with Crippen LogP contribution >= 0.6 is 0 Å². The second-order valence-electron chi connectivity index (χ2n) is 3.84. The first-order valence-electron chi connectivity index (χ1n) is 4.62. The summed E-state index contributed by atoms with van der Waals surface area (Å²) >= 11 is 0. The van der Waals surface area contributed by atoms with Gasteiger partial charge in [-0.15, -0.1) is 0 Å². The topological polar surface area (TPSA) is 32.3 Å². The van der Waals surface area contributed by atoms with Crippen LogP contribution in [0, 0.1) is 0 Å². The van der Waals surface area contributed by atoms with Gasteiger partial charge in [-0.1, -0.05) is 13.8 Å². The van der Waals surface area contributed by atoms with Gasteiger partial charge in [0.15, 0.2) is 0 Å². The zero-order valence-electron chi connectivity index (χ0n) is 7.51. The molecule has 2 nitrogen and oxygen atoms in total. The average Bonchev–Trinajstić information content (AvgIpc) is 1.85. The Kier molecular flexibility index (Phi) is 3.34. The molecule has 0 amide bonds. The Labute approximate surface area is 69.0 Å². The summed E-state index contributed by atoms with van der Waals surface area (Å²) < 4.78 is 0. The van der Waals surface area contributed by atoms with Gasteiger partial charge in [-0.2, -0.15) is 0 Å². The zero-order chi connectivity index (χ0) is 8.27. The van der Waals surface area contributed by atoms with E-state index in [4.69, 9.17) is 0 Å². The molecule has 2 heteroatoms. The molecule has 0 radical (unpaired) electrons. The lowest BCUT2D eigenvalue weighted by molar-refractivity contribution is 0.110. The van der Waals surface area contributed by atoms with Crippen LogP contribution in [0.1, 0.15) is 39.5 Å². The normalized spacial score (nSPS) is 32.7. The highest BCUT2D eigenvalue weighted by atomic mass is 16.3. The molecule has 0 heterocycles. The van der Waals surface area contributed by atoms with E-state index >= 15 is 0 Å². The largest absolute Gasteiger partial charge is 0.393 e. The third-order valence-corrected chi connectivity index (χ3v) is 2.22. The second kappa shape index (κ2) is 4.07. The monoisotopic (exact) mass is 157 g/mol. The Morgan fingerprint density at radius 1 is 1.36 bits per heavy atom. The van der Waals surface area contributed by atoms with Gasteiger partial charge in [0.25, 0.3) is 0 Å². The molecular formula is C9H19NO. The lowest BCUT2D eigenvalue weighted by atomic mass is 9.93. The fourth-order valence-electron chi connectivity index (χ4n) is 1.79. The van der Waals surface area contributed by atoms with Gasteiger partial charge in [0.2, 0.25) is 0 Å². The SMILES string of the molecule is CC(C)N[C@@H]1CCC[C@@H](O)C1. The van der Waals surface area contributed by atoms with Gasteiger partial charge in [0, 0.05) is 12.1 Å². The van der Waals surface area contributed by atoms with E-state index in [9.17, 15) is 5.11 Å². The molecule has 0 aromatic carbocycles. The van der Waals surface area contributed by atoms with Crippen molar-refractivity contribution in [3.8, 4) is 0 Å². The minimum Gasteiger partial charge on any atom is -0.393 e. The summed E-state index contributed by atoms with van der Waals surface area (Å²) in [7, 11) is 0. The summed E-state index contributed by atoms with van der Waals surface area (Å²) in [5.74, 6) is 0. The fraction of sp³-hybridized carbons (Fsp3) is 1.00. The van der Waals surface area contributed by atoms with Crippen molar-refractivity contribution < 1.29 is 5.11 Å². The van der Waals surface area contributed by atoms with Crippen molar-refractivity contribution in [3.05, 3.63) is 0 Å². The molecular weight excluding hydrogens is 138 g/mol. The van der Waals surface area contributed by atoms with Gasteiger partial charge in [0.1, 0.15) is 0 Å². The van der Waals surface area contributed by atoms with Gasteiger partial charge in [-0.05, 0) is 25.7 Å². The summed E-state index contributed by atoms with van der Waals surface area (Å²) in [6.45, 7) is 4.31. The van der Waals surface area contributed by atoms with Crippen LogP contribution in [-0.2, 0) is 0 Å². The summed E-state index contributed by atoms with van der Waals surface area (Å²) in [6, 6.07) is 1.10. The summed E-state index contributed by atoms with van der Waals surface area (Å²) in [4.78, 5) is 0. The van der Waals surface area contributed by atoms with E-state index in [0.717, 1.165) is 12.8 Å². The Hall–Kier alpha value is -0.0800. The lowest BCUT2D eigenvalue weighted by Gasteiger charge is -2.28. The van der Waals surface area contributed by atoms with E-state index in [1.807, 2.05) is 0 Å². The molecule has 1 rings (SSSR count). The molecule has 0 bridgehead atoms. The van der Waals surface area contributed by atoms with Crippen LogP contribution in [-0.4, -0.2) is 23.3 Å². The van der Waals surface area contributed by atoms with E-state index < -0.39 is 0 Å². The van der Waals surface area contributed by atoms with E-state index in [0.29, 0.717) is 12.1 Å². The molecule has 2 atom stereocenters.